The van der Waals surface area contributed by atoms with E-state index in [4.69, 9.17) is 4.74 Å². The number of carbonyl (C=O) groups excluding carboxylic acids is 1. The van der Waals surface area contributed by atoms with Crippen molar-refractivity contribution in [1.29, 1.82) is 0 Å². The van der Waals surface area contributed by atoms with Gasteiger partial charge in [-0.3, -0.25) is 4.90 Å². The Morgan fingerprint density at radius 3 is 2.56 bits per heavy atom. The first-order valence-corrected chi connectivity index (χ1v) is 14.5. The molecule has 0 aliphatic carbocycles. The Morgan fingerprint density at radius 2 is 1.79 bits per heavy atom. The molecule has 0 spiro atoms. The Bertz CT molecular complexity index is 1630. The van der Waals surface area contributed by atoms with Crippen LogP contribution in [0, 0.1) is 6.92 Å². The van der Waals surface area contributed by atoms with Crippen molar-refractivity contribution >= 4 is 17.2 Å². The minimum absolute atomic E-state index is 0.120. The lowest BCUT2D eigenvalue weighted by Crippen LogP contribution is -2.45. The molecular weight excluding hydrogens is 559 g/mol. The molecule has 1 saturated heterocycles. The molecular formula is C31H34F3N7O2. The zero-order valence-electron chi connectivity index (χ0n) is 24.2. The molecule has 0 bridgehead atoms. The first kappa shape index (κ1) is 28.9. The summed E-state index contributed by atoms with van der Waals surface area (Å²) in [5.74, 6) is 0.988. The third kappa shape index (κ3) is 6.45. The number of nitrogens with one attached hydrogen (secondary N) is 1. The zero-order chi connectivity index (χ0) is 30.1. The molecule has 2 aromatic heterocycles. The van der Waals surface area contributed by atoms with Crippen LogP contribution in [0.5, 0.6) is 11.6 Å². The number of anilines is 1. The molecule has 43 heavy (non-hydrogen) atoms. The zero-order valence-corrected chi connectivity index (χ0v) is 24.2. The molecule has 1 N–H and O–H groups in total. The molecule has 2 aromatic carbocycles. The van der Waals surface area contributed by atoms with Crippen LogP contribution in [0.1, 0.15) is 34.7 Å². The molecule has 2 aliphatic heterocycles. The molecule has 4 heterocycles. The SMILES string of the molecule is CCN1CCN(Cc2ccc(NC(=O)N3CCc4ccc(Oc5ncnn6cc(C)cc56)cc4C3)cc2C(F)(F)F)CC1. The van der Waals surface area contributed by atoms with Gasteiger partial charge in [0.15, 0.2) is 0 Å². The molecule has 2 aliphatic rings. The van der Waals surface area contributed by atoms with Crippen LogP contribution in [-0.2, 0) is 25.7 Å². The Hall–Kier alpha value is -4.16. The van der Waals surface area contributed by atoms with Crippen LogP contribution in [-0.4, -0.2) is 74.6 Å². The van der Waals surface area contributed by atoms with Crippen LogP contribution in [0.25, 0.3) is 5.52 Å². The fourth-order valence-corrected chi connectivity index (χ4v) is 5.76. The number of halogens is 3. The van der Waals surface area contributed by atoms with Crippen LogP contribution in [0.15, 0.2) is 55.0 Å². The molecule has 12 heteroatoms. The molecule has 226 valence electrons. The number of aromatic nitrogens is 3. The van der Waals surface area contributed by atoms with E-state index in [1.165, 1.54) is 12.4 Å². The highest BCUT2D eigenvalue weighted by atomic mass is 19.4. The van der Waals surface area contributed by atoms with Crippen molar-refractivity contribution in [3.05, 3.63) is 82.8 Å². The van der Waals surface area contributed by atoms with E-state index in [0.717, 1.165) is 61.0 Å². The first-order valence-electron chi connectivity index (χ1n) is 14.5. The fraction of sp³-hybridized carbons (Fsp3) is 0.387. The lowest BCUT2D eigenvalue weighted by molar-refractivity contribution is -0.138. The van der Waals surface area contributed by atoms with E-state index in [1.807, 2.05) is 42.3 Å². The summed E-state index contributed by atoms with van der Waals surface area (Å²) in [5, 5.41) is 6.89. The van der Waals surface area contributed by atoms with Gasteiger partial charge >= 0.3 is 12.2 Å². The number of carbonyl (C=O) groups is 1. The van der Waals surface area contributed by atoms with E-state index < -0.39 is 17.8 Å². The maximum Gasteiger partial charge on any atom is 0.416 e. The van der Waals surface area contributed by atoms with Crippen molar-refractivity contribution in [3.63, 3.8) is 0 Å². The van der Waals surface area contributed by atoms with E-state index in [1.54, 1.807) is 15.5 Å². The van der Waals surface area contributed by atoms with E-state index in [2.05, 4.69) is 27.2 Å². The second kappa shape index (κ2) is 11.8. The van der Waals surface area contributed by atoms with Crippen LogP contribution in [0.3, 0.4) is 0 Å². The van der Waals surface area contributed by atoms with Gasteiger partial charge in [-0.15, -0.1) is 0 Å². The van der Waals surface area contributed by atoms with Crippen LogP contribution >= 0.6 is 0 Å². The normalized spacial score (nSPS) is 16.3. The molecule has 9 nitrogen and oxygen atoms in total. The molecule has 0 saturated carbocycles. The van der Waals surface area contributed by atoms with Gasteiger partial charge in [-0.05, 0) is 72.5 Å². The first-order chi connectivity index (χ1) is 20.7. The van der Waals surface area contributed by atoms with Crippen LogP contribution in [0.2, 0.25) is 0 Å². The number of fused-ring (bicyclic) bond motifs is 2. The number of aryl methyl sites for hydroxylation is 1. The summed E-state index contributed by atoms with van der Waals surface area (Å²) >= 11 is 0. The summed E-state index contributed by atoms with van der Waals surface area (Å²) in [6.07, 6.45) is -0.600. The van der Waals surface area contributed by atoms with Gasteiger partial charge in [-0.1, -0.05) is 19.1 Å². The number of nitrogens with zero attached hydrogens (tertiary/aromatic N) is 6. The lowest BCUT2D eigenvalue weighted by atomic mass is 9.99. The number of ether oxygens (including phenoxy) is 1. The Morgan fingerprint density at radius 1 is 1.00 bits per heavy atom. The smallest absolute Gasteiger partial charge is 0.416 e. The Kier molecular flexibility index (Phi) is 7.97. The topological polar surface area (TPSA) is 78.2 Å². The monoisotopic (exact) mass is 593 g/mol. The second-order valence-electron chi connectivity index (χ2n) is 11.1. The van der Waals surface area contributed by atoms with Crippen molar-refractivity contribution < 1.29 is 22.7 Å². The van der Waals surface area contributed by atoms with Gasteiger partial charge in [0, 0.05) is 57.7 Å². The lowest BCUT2D eigenvalue weighted by Gasteiger charge is -2.34. The van der Waals surface area contributed by atoms with Gasteiger partial charge in [-0.2, -0.15) is 23.3 Å². The summed E-state index contributed by atoms with van der Waals surface area (Å²) in [6, 6.07) is 11.3. The van der Waals surface area contributed by atoms with Crippen molar-refractivity contribution in [2.24, 2.45) is 0 Å². The van der Waals surface area contributed by atoms with Crippen molar-refractivity contribution in [2.45, 2.75) is 39.5 Å². The number of likely N-dealkylation sites (N-methyl/N-ethyl adjacent to an activating group) is 1. The quantitative estimate of drug-likeness (QED) is 0.315. The molecule has 1 fully saturated rings. The average Bonchev–Trinajstić information content (AvgIpc) is 3.38. The average molecular weight is 594 g/mol. The molecule has 6 rings (SSSR count). The Labute approximate surface area is 247 Å². The largest absolute Gasteiger partial charge is 0.437 e. The molecule has 0 atom stereocenters. The van der Waals surface area contributed by atoms with E-state index >= 15 is 0 Å². The summed E-state index contributed by atoms with van der Waals surface area (Å²) in [4.78, 5) is 23.4. The standard InChI is InChI=1S/C31H34F3N7O2/c1-3-38-10-12-39(13-11-38)18-23-4-6-25(16-27(23)31(32,33)34)37-30(42)40-9-8-22-5-7-26(15-24(22)19-40)43-29-28-14-21(2)17-41(28)36-20-35-29/h4-7,14-17,20H,3,8-13,18-19H2,1-2H3,(H,37,42). The predicted molar refractivity (Wildman–Crippen MR) is 156 cm³/mol. The van der Waals surface area contributed by atoms with Crippen molar-refractivity contribution in [3.8, 4) is 11.6 Å². The summed E-state index contributed by atoms with van der Waals surface area (Å²) in [7, 11) is 0. The highest BCUT2D eigenvalue weighted by Gasteiger charge is 2.34. The molecule has 4 aromatic rings. The summed E-state index contributed by atoms with van der Waals surface area (Å²) in [5.41, 5.74) is 3.38. The van der Waals surface area contributed by atoms with Crippen molar-refractivity contribution in [1.82, 2.24) is 29.3 Å². The van der Waals surface area contributed by atoms with Crippen LogP contribution < -0.4 is 10.1 Å². The van der Waals surface area contributed by atoms with Gasteiger partial charge in [0.25, 0.3) is 0 Å². The van der Waals surface area contributed by atoms with Gasteiger partial charge in [-0.25, -0.2) is 9.31 Å². The minimum atomic E-state index is -4.53. The van der Waals surface area contributed by atoms with Gasteiger partial charge in [0.2, 0.25) is 5.88 Å². The number of alkyl halides is 3. The van der Waals surface area contributed by atoms with Gasteiger partial charge < -0.3 is 19.9 Å². The molecule has 0 unspecified atom stereocenters. The van der Waals surface area contributed by atoms with Gasteiger partial charge in [0.1, 0.15) is 17.6 Å². The second-order valence-corrected chi connectivity index (χ2v) is 11.1. The van der Waals surface area contributed by atoms with E-state index in [-0.39, 0.29) is 17.8 Å². The van der Waals surface area contributed by atoms with Crippen molar-refractivity contribution in [2.75, 3.05) is 44.6 Å². The molecule has 0 radical (unpaired) electrons. The highest BCUT2D eigenvalue weighted by molar-refractivity contribution is 5.89. The predicted octanol–water partition coefficient (Wildman–Crippen LogP) is 5.58. The summed E-state index contributed by atoms with van der Waals surface area (Å²) < 4.78 is 50.0. The molecule has 2 amide bonds. The number of rotatable bonds is 6. The van der Waals surface area contributed by atoms with Gasteiger partial charge in [0.05, 0.1) is 5.56 Å². The van der Waals surface area contributed by atoms with E-state index in [0.29, 0.717) is 31.1 Å². The fourth-order valence-electron chi connectivity index (χ4n) is 5.76. The number of hydrogen-bond donors (Lipinski definition) is 1. The maximum atomic E-state index is 14.1. The van der Waals surface area contributed by atoms with Crippen LogP contribution in [0.4, 0.5) is 23.7 Å². The van der Waals surface area contributed by atoms with E-state index in [9.17, 15) is 18.0 Å². The third-order valence-corrected chi connectivity index (χ3v) is 8.17. The number of amides is 2. The minimum Gasteiger partial charge on any atom is -0.437 e. The number of hydrogen-bond acceptors (Lipinski definition) is 6. The maximum absolute atomic E-state index is 14.1. The third-order valence-electron chi connectivity index (χ3n) is 8.17. The number of urea groups is 1. The number of benzene rings is 2. The summed E-state index contributed by atoms with van der Waals surface area (Å²) in [6.45, 7) is 9.09. The highest BCUT2D eigenvalue weighted by Crippen LogP contribution is 2.35. The number of piperazine rings is 1. The Balaban J connectivity index is 1.14.